The van der Waals surface area contributed by atoms with Gasteiger partial charge < -0.3 is 20.9 Å². The molecule has 6 N–H and O–H groups in total. The van der Waals surface area contributed by atoms with Crippen molar-refractivity contribution in [3.8, 4) is 11.5 Å². The standard InChI is InChI=1S/C11H15N3O2.H2O4S/c12-11(13)14-7-8-2-3-9-10(6-8)16-5-1-4-15-9;1-5(2,3)4/h2-3,6H,1,4-5,7H2,(H4,12,13,14);(H2,1,2,3,4). The summed E-state index contributed by atoms with van der Waals surface area (Å²) in [7, 11) is -4.67. The third-order valence-electron chi connectivity index (χ3n) is 2.26. The summed E-state index contributed by atoms with van der Waals surface area (Å²) in [6.07, 6.45) is 0.901. The SMILES string of the molecule is NC(N)=NCc1ccc2c(c1)OCCCO2.O=S(=O)(O)O. The van der Waals surface area contributed by atoms with Crippen LogP contribution in [0.15, 0.2) is 23.2 Å². The summed E-state index contributed by atoms with van der Waals surface area (Å²) in [6, 6.07) is 5.73. The van der Waals surface area contributed by atoms with E-state index in [9.17, 15) is 0 Å². The number of ether oxygens (including phenoxy) is 2. The van der Waals surface area contributed by atoms with Gasteiger partial charge in [0, 0.05) is 6.42 Å². The Hall–Kier alpha value is -2.04. The molecule has 0 saturated heterocycles. The van der Waals surface area contributed by atoms with Gasteiger partial charge in [-0.15, -0.1) is 0 Å². The summed E-state index contributed by atoms with van der Waals surface area (Å²) in [4.78, 5) is 3.94. The highest BCUT2D eigenvalue weighted by Crippen LogP contribution is 2.30. The van der Waals surface area contributed by atoms with Crippen LogP contribution < -0.4 is 20.9 Å². The van der Waals surface area contributed by atoms with Crippen molar-refractivity contribution in [2.45, 2.75) is 13.0 Å². The van der Waals surface area contributed by atoms with E-state index in [2.05, 4.69) is 4.99 Å². The molecule has 0 spiro atoms. The van der Waals surface area contributed by atoms with Crippen LogP contribution in [0.4, 0.5) is 0 Å². The summed E-state index contributed by atoms with van der Waals surface area (Å²) in [6.45, 7) is 1.83. The largest absolute Gasteiger partial charge is 0.490 e. The van der Waals surface area contributed by atoms with E-state index >= 15 is 0 Å². The fourth-order valence-corrected chi connectivity index (χ4v) is 1.49. The second-order valence-corrected chi connectivity index (χ2v) is 4.92. The molecule has 1 aromatic carbocycles. The number of guanidine groups is 1. The highest BCUT2D eigenvalue weighted by Gasteiger charge is 2.10. The van der Waals surface area contributed by atoms with Crippen molar-refractivity contribution in [3.63, 3.8) is 0 Å². The number of aliphatic imine (C=N–C) groups is 1. The minimum atomic E-state index is -4.67. The molecule has 1 aromatic rings. The van der Waals surface area contributed by atoms with E-state index in [0.29, 0.717) is 19.8 Å². The summed E-state index contributed by atoms with van der Waals surface area (Å²) in [5, 5.41) is 0. The Kier molecular flexibility index (Phi) is 6.21. The van der Waals surface area contributed by atoms with E-state index in [1.54, 1.807) is 0 Å². The van der Waals surface area contributed by atoms with Gasteiger partial charge in [0.1, 0.15) is 0 Å². The van der Waals surface area contributed by atoms with Crippen molar-refractivity contribution in [3.05, 3.63) is 23.8 Å². The maximum absolute atomic E-state index is 8.74. The lowest BCUT2D eigenvalue weighted by atomic mass is 10.2. The van der Waals surface area contributed by atoms with Crippen molar-refractivity contribution in [2.24, 2.45) is 16.5 Å². The Morgan fingerprint density at radius 2 is 1.76 bits per heavy atom. The minimum Gasteiger partial charge on any atom is -0.490 e. The summed E-state index contributed by atoms with van der Waals surface area (Å²) in [5.41, 5.74) is 11.5. The fraction of sp³-hybridized carbons (Fsp3) is 0.364. The molecule has 0 saturated carbocycles. The van der Waals surface area contributed by atoms with Crippen LogP contribution in [0.5, 0.6) is 11.5 Å². The second kappa shape index (κ2) is 7.67. The van der Waals surface area contributed by atoms with Gasteiger partial charge in [-0.2, -0.15) is 8.42 Å². The monoisotopic (exact) mass is 319 g/mol. The van der Waals surface area contributed by atoms with Gasteiger partial charge in [-0.25, -0.2) is 4.99 Å². The maximum Gasteiger partial charge on any atom is 0.394 e. The Morgan fingerprint density at radius 3 is 2.33 bits per heavy atom. The summed E-state index contributed by atoms with van der Waals surface area (Å²) >= 11 is 0. The first-order valence-electron chi connectivity index (χ1n) is 5.89. The molecule has 0 radical (unpaired) electrons. The topological polar surface area (TPSA) is 157 Å². The predicted molar refractivity (Wildman–Crippen MR) is 75.7 cm³/mol. The molecule has 0 aliphatic carbocycles. The van der Waals surface area contributed by atoms with Gasteiger partial charge in [-0.1, -0.05) is 6.07 Å². The van der Waals surface area contributed by atoms with E-state index < -0.39 is 10.4 Å². The van der Waals surface area contributed by atoms with Crippen LogP contribution in [0.25, 0.3) is 0 Å². The molecule has 0 bridgehead atoms. The first-order valence-corrected chi connectivity index (χ1v) is 7.29. The van der Waals surface area contributed by atoms with E-state index in [0.717, 1.165) is 23.5 Å². The third kappa shape index (κ3) is 7.97. The van der Waals surface area contributed by atoms with Crippen LogP contribution in [-0.2, 0) is 16.9 Å². The Balaban J connectivity index is 0.000000383. The van der Waals surface area contributed by atoms with Crippen LogP contribution >= 0.6 is 0 Å². The normalized spacial score (nSPS) is 13.4. The van der Waals surface area contributed by atoms with Gasteiger partial charge >= 0.3 is 10.4 Å². The number of hydrogen-bond donors (Lipinski definition) is 4. The second-order valence-electron chi connectivity index (χ2n) is 4.02. The molecule has 0 amide bonds. The van der Waals surface area contributed by atoms with Crippen molar-refractivity contribution < 1.29 is 27.0 Å². The zero-order valence-electron chi connectivity index (χ0n) is 11.1. The zero-order valence-corrected chi connectivity index (χ0v) is 11.9. The van der Waals surface area contributed by atoms with Crippen molar-refractivity contribution >= 4 is 16.4 Å². The quantitative estimate of drug-likeness (QED) is 0.336. The molecule has 0 aromatic heterocycles. The number of rotatable bonds is 2. The van der Waals surface area contributed by atoms with Gasteiger partial charge in [0.15, 0.2) is 17.5 Å². The van der Waals surface area contributed by atoms with Gasteiger partial charge in [0.05, 0.1) is 19.8 Å². The summed E-state index contributed by atoms with van der Waals surface area (Å²) < 4.78 is 42.7. The first kappa shape index (κ1) is 17.0. The van der Waals surface area contributed by atoms with Crippen molar-refractivity contribution in [2.75, 3.05) is 13.2 Å². The Bertz CT molecular complexity index is 590. The van der Waals surface area contributed by atoms with Crippen LogP contribution in [0, 0.1) is 0 Å². The van der Waals surface area contributed by atoms with Crippen LogP contribution in [0.1, 0.15) is 12.0 Å². The molecule has 21 heavy (non-hydrogen) atoms. The van der Waals surface area contributed by atoms with Gasteiger partial charge in [0.2, 0.25) is 0 Å². The van der Waals surface area contributed by atoms with Crippen LogP contribution in [0.2, 0.25) is 0 Å². The highest BCUT2D eigenvalue weighted by atomic mass is 32.3. The molecular weight excluding hydrogens is 302 g/mol. The zero-order chi connectivity index (χ0) is 15.9. The van der Waals surface area contributed by atoms with Gasteiger partial charge in [0.25, 0.3) is 0 Å². The van der Waals surface area contributed by atoms with E-state index in [1.807, 2.05) is 18.2 Å². The van der Waals surface area contributed by atoms with E-state index in [1.165, 1.54) is 0 Å². The number of fused-ring (bicyclic) bond motifs is 1. The average Bonchev–Trinajstić information content (AvgIpc) is 2.58. The lowest BCUT2D eigenvalue weighted by Gasteiger charge is -2.08. The molecule has 1 aliphatic rings. The van der Waals surface area contributed by atoms with Crippen molar-refractivity contribution in [1.29, 1.82) is 0 Å². The smallest absolute Gasteiger partial charge is 0.394 e. The number of benzene rings is 1. The molecule has 9 nitrogen and oxygen atoms in total. The number of hydrogen-bond acceptors (Lipinski definition) is 5. The number of nitrogens with zero attached hydrogens (tertiary/aromatic N) is 1. The Morgan fingerprint density at radius 1 is 1.19 bits per heavy atom. The predicted octanol–water partition coefficient (Wildman–Crippen LogP) is -0.0315. The number of nitrogens with two attached hydrogens (primary N) is 2. The van der Waals surface area contributed by atoms with Gasteiger partial charge in [-0.3, -0.25) is 9.11 Å². The molecule has 0 atom stereocenters. The molecule has 2 rings (SSSR count). The Labute approximate surface area is 122 Å². The molecule has 1 aliphatic heterocycles. The first-order chi connectivity index (χ1) is 9.75. The molecule has 1 heterocycles. The van der Waals surface area contributed by atoms with Crippen molar-refractivity contribution in [1.82, 2.24) is 0 Å². The maximum atomic E-state index is 8.74. The highest BCUT2D eigenvalue weighted by molar-refractivity contribution is 7.79. The lowest BCUT2D eigenvalue weighted by molar-refractivity contribution is 0.297. The van der Waals surface area contributed by atoms with E-state index in [4.69, 9.17) is 38.5 Å². The molecule has 0 fully saturated rings. The fourth-order valence-electron chi connectivity index (χ4n) is 1.49. The molecule has 0 unspecified atom stereocenters. The molecule has 10 heteroatoms. The van der Waals surface area contributed by atoms with Crippen LogP contribution in [0.3, 0.4) is 0 Å². The van der Waals surface area contributed by atoms with E-state index in [-0.39, 0.29) is 5.96 Å². The third-order valence-corrected chi connectivity index (χ3v) is 2.26. The van der Waals surface area contributed by atoms with Crippen LogP contribution in [-0.4, -0.2) is 36.7 Å². The molecular formula is C11H17N3O6S. The lowest BCUT2D eigenvalue weighted by Crippen LogP contribution is -2.22. The minimum absolute atomic E-state index is 0.0899. The summed E-state index contributed by atoms with van der Waals surface area (Å²) in [5.74, 6) is 1.64. The molecule has 118 valence electrons. The average molecular weight is 319 g/mol. The van der Waals surface area contributed by atoms with Gasteiger partial charge in [-0.05, 0) is 17.7 Å².